The second-order valence-corrected chi connectivity index (χ2v) is 7.40. The zero-order chi connectivity index (χ0) is 21.3. The number of hydrogen-bond donors (Lipinski definition) is 2. The first-order chi connectivity index (χ1) is 14.5. The Bertz CT molecular complexity index is 893. The van der Waals surface area contributed by atoms with Crippen molar-refractivity contribution in [3.63, 3.8) is 0 Å². The number of unbranched alkanes of at least 4 members (excludes halogenated alkanes) is 1. The van der Waals surface area contributed by atoms with E-state index in [1.807, 2.05) is 31.2 Å². The SMILES string of the molecule is Cc1ccc(NC(=O)NCCCCC(c2ccc(F)cc2)c2ccc(F)cc2)cc1. The van der Waals surface area contributed by atoms with Crippen LogP contribution in [0.3, 0.4) is 0 Å². The van der Waals surface area contributed by atoms with Crippen molar-refractivity contribution in [2.24, 2.45) is 0 Å². The number of carbonyl (C=O) groups excluding carboxylic acids is 1. The molecule has 0 atom stereocenters. The topological polar surface area (TPSA) is 41.1 Å². The highest BCUT2D eigenvalue weighted by molar-refractivity contribution is 5.89. The maximum Gasteiger partial charge on any atom is 0.319 e. The highest BCUT2D eigenvalue weighted by Gasteiger charge is 2.14. The standard InChI is InChI=1S/C25H26F2N2O/c1-18-5-15-23(16-6-18)29-25(30)28-17-3-2-4-24(19-7-11-21(26)12-8-19)20-9-13-22(27)14-10-20/h5-16,24H,2-4,17H2,1H3,(H2,28,29,30). The highest BCUT2D eigenvalue weighted by atomic mass is 19.1. The summed E-state index contributed by atoms with van der Waals surface area (Å²) in [5, 5.41) is 5.67. The molecule has 3 aromatic rings. The van der Waals surface area contributed by atoms with E-state index in [2.05, 4.69) is 10.6 Å². The van der Waals surface area contributed by atoms with Crippen LogP contribution in [0.1, 0.15) is 41.9 Å². The Labute approximate surface area is 176 Å². The number of nitrogens with one attached hydrogen (secondary N) is 2. The van der Waals surface area contributed by atoms with E-state index in [-0.39, 0.29) is 23.6 Å². The minimum absolute atomic E-state index is 0.0487. The predicted octanol–water partition coefficient (Wildman–Crippen LogP) is 6.40. The van der Waals surface area contributed by atoms with Crippen molar-refractivity contribution in [3.8, 4) is 0 Å². The minimum atomic E-state index is -0.277. The fourth-order valence-electron chi connectivity index (χ4n) is 3.40. The summed E-state index contributed by atoms with van der Waals surface area (Å²) in [6, 6.07) is 20.3. The Morgan fingerprint density at radius 3 is 1.87 bits per heavy atom. The predicted molar refractivity (Wildman–Crippen MR) is 117 cm³/mol. The molecule has 0 radical (unpaired) electrons. The van der Waals surface area contributed by atoms with E-state index in [4.69, 9.17) is 0 Å². The molecule has 0 bridgehead atoms. The molecule has 0 saturated carbocycles. The first-order valence-electron chi connectivity index (χ1n) is 10.1. The van der Waals surface area contributed by atoms with Crippen molar-refractivity contribution in [2.75, 3.05) is 11.9 Å². The lowest BCUT2D eigenvalue weighted by Crippen LogP contribution is -2.29. The lowest BCUT2D eigenvalue weighted by molar-refractivity contribution is 0.252. The summed E-state index contributed by atoms with van der Waals surface area (Å²) in [6.07, 6.45) is 2.49. The average molecular weight is 408 g/mol. The van der Waals surface area contributed by atoms with E-state index < -0.39 is 0 Å². The number of rotatable bonds is 8. The van der Waals surface area contributed by atoms with Crippen LogP contribution in [-0.4, -0.2) is 12.6 Å². The number of urea groups is 1. The quantitative estimate of drug-likeness (QED) is 0.416. The molecule has 0 heterocycles. The van der Waals surface area contributed by atoms with Crippen LogP contribution >= 0.6 is 0 Å². The summed E-state index contributed by atoms with van der Waals surface area (Å²) >= 11 is 0. The smallest absolute Gasteiger partial charge is 0.319 e. The summed E-state index contributed by atoms with van der Waals surface area (Å²) in [5.41, 5.74) is 3.88. The molecule has 30 heavy (non-hydrogen) atoms. The van der Waals surface area contributed by atoms with E-state index in [0.717, 1.165) is 41.6 Å². The second kappa shape index (κ2) is 10.5. The van der Waals surface area contributed by atoms with E-state index in [0.29, 0.717) is 6.54 Å². The molecule has 0 aliphatic rings. The number of carbonyl (C=O) groups is 1. The van der Waals surface area contributed by atoms with Gasteiger partial charge in [0.15, 0.2) is 0 Å². The van der Waals surface area contributed by atoms with E-state index in [9.17, 15) is 13.6 Å². The molecular formula is C25H26F2N2O. The molecule has 2 N–H and O–H groups in total. The fourth-order valence-corrected chi connectivity index (χ4v) is 3.40. The Balaban J connectivity index is 1.50. The zero-order valence-corrected chi connectivity index (χ0v) is 17.0. The summed E-state index contributed by atoms with van der Waals surface area (Å²) in [5.74, 6) is -0.506. The van der Waals surface area contributed by atoms with Crippen LogP contribution in [0.5, 0.6) is 0 Å². The third-order valence-corrected chi connectivity index (χ3v) is 5.06. The number of halogens is 2. The van der Waals surface area contributed by atoms with Crippen molar-refractivity contribution >= 4 is 11.7 Å². The van der Waals surface area contributed by atoms with Crippen molar-refractivity contribution in [1.82, 2.24) is 5.32 Å². The van der Waals surface area contributed by atoms with Crippen molar-refractivity contribution in [2.45, 2.75) is 32.1 Å². The third kappa shape index (κ3) is 6.41. The number of aryl methyl sites for hydroxylation is 1. The summed E-state index contributed by atoms with van der Waals surface area (Å²) < 4.78 is 26.6. The van der Waals surface area contributed by atoms with Gasteiger partial charge >= 0.3 is 6.03 Å². The lowest BCUT2D eigenvalue weighted by atomic mass is 9.87. The second-order valence-electron chi connectivity index (χ2n) is 7.40. The molecule has 3 aromatic carbocycles. The summed E-state index contributed by atoms with van der Waals surface area (Å²) in [6.45, 7) is 2.55. The van der Waals surface area contributed by atoms with Crippen molar-refractivity contribution in [1.29, 1.82) is 0 Å². The van der Waals surface area contributed by atoms with E-state index >= 15 is 0 Å². The Kier molecular flexibility index (Phi) is 7.55. The fraction of sp³-hybridized carbons (Fsp3) is 0.240. The molecule has 3 rings (SSSR count). The molecule has 156 valence electrons. The van der Waals surface area contributed by atoms with Gasteiger partial charge < -0.3 is 10.6 Å². The number of benzene rings is 3. The van der Waals surface area contributed by atoms with Crippen molar-refractivity contribution in [3.05, 3.63) is 101 Å². The maximum atomic E-state index is 13.3. The molecule has 0 aliphatic heterocycles. The Hall–Kier alpha value is -3.21. The van der Waals surface area contributed by atoms with Crippen LogP contribution in [-0.2, 0) is 0 Å². The van der Waals surface area contributed by atoms with Gasteiger partial charge in [0.05, 0.1) is 0 Å². The molecule has 2 amide bonds. The third-order valence-electron chi connectivity index (χ3n) is 5.06. The largest absolute Gasteiger partial charge is 0.338 e. The molecular weight excluding hydrogens is 382 g/mol. The van der Waals surface area contributed by atoms with Gasteiger partial charge in [-0.05, 0) is 67.3 Å². The van der Waals surface area contributed by atoms with Gasteiger partial charge in [-0.2, -0.15) is 0 Å². The maximum absolute atomic E-state index is 13.3. The molecule has 0 saturated heterocycles. The van der Waals surface area contributed by atoms with Gasteiger partial charge in [0.1, 0.15) is 11.6 Å². The van der Waals surface area contributed by atoms with Gasteiger partial charge in [0.2, 0.25) is 0 Å². The van der Waals surface area contributed by atoms with Crippen LogP contribution in [0.15, 0.2) is 72.8 Å². The molecule has 0 aromatic heterocycles. The monoisotopic (exact) mass is 408 g/mol. The molecule has 0 spiro atoms. The highest BCUT2D eigenvalue weighted by Crippen LogP contribution is 2.30. The first kappa shape index (κ1) is 21.5. The van der Waals surface area contributed by atoms with Gasteiger partial charge in [0, 0.05) is 18.2 Å². The Morgan fingerprint density at radius 2 is 1.33 bits per heavy atom. The van der Waals surface area contributed by atoms with Gasteiger partial charge in [-0.3, -0.25) is 0 Å². The molecule has 0 aliphatic carbocycles. The number of hydrogen-bond acceptors (Lipinski definition) is 1. The minimum Gasteiger partial charge on any atom is -0.338 e. The normalized spacial score (nSPS) is 10.8. The average Bonchev–Trinajstić information content (AvgIpc) is 2.74. The number of amides is 2. The first-order valence-corrected chi connectivity index (χ1v) is 10.1. The van der Waals surface area contributed by atoms with E-state index in [1.54, 1.807) is 24.3 Å². The van der Waals surface area contributed by atoms with Gasteiger partial charge in [0.25, 0.3) is 0 Å². The number of anilines is 1. The van der Waals surface area contributed by atoms with Crippen LogP contribution in [0.2, 0.25) is 0 Å². The van der Waals surface area contributed by atoms with Crippen LogP contribution in [0.25, 0.3) is 0 Å². The van der Waals surface area contributed by atoms with Crippen LogP contribution in [0.4, 0.5) is 19.3 Å². The van der Waals surface area contributed by atoms with E-state index in [1.165, 1.54) is 24.3 Å². The van der Waals surface area contributed by atoms with Gasteiger partial charge in [-0.15, -0.1) is 0 Å². The lowest BCUT2D eigenvalue weighted by Gasteiger charge is -2.18. The van der Waals surface area contributed by atoms with Gasteiger partial charge in [-0.25, -0.2) is 13.6 Å². The molecule has 5 heteroatoms. The summed E-state index contributed by atoms with van der Waals surface area (Å²) in [4.78, 5) is 12.0. The Morgan fingerprint density at radius 1 is 0.800 bits per heavy atom. The van der Waals surface area contributed by atoms with Crippen LogP contribution < -0.4 is 10.6 Å². The van der Waals surface area contributed by atoms with Gasteiger partial charge in [-0.1, -0.05) is 48.4 Å². The van der Waals surface area contributed by atoms with Crippen LogP contribution in [0, 0.1) is 18.6 Å². The summed E-state index contributed by atoms with van der Waals surface area (Å²) in [7, 11) is 0. The molecule has 0 unspecified atom stereocenters. The zero-order valence-electron chi connectivity index (χ0n) is 17.0. The van der Waals surface area contributed by atoms with Crippen molar-refractivity contribution < 1.29 is 13.6 Å². The molecule has 3 nitrogen and oxygen atoms in total. The molecule has 0 fully saturated rings.